The smallest absolute Gasteiger partial charge is 0.408 e. The van der Waals surface area contributed by atoms with Crippen LogP contribution < -0.4 is 5.32 Å². The third-order valence-electron chi connectivity index (χ3n) is 3.44. The molecule has 0 aliphatic heterocycles. The summed E-state index contributed by atoms with van der Waals surface area (Å²) in [5.41, 5.74) is -0.559. The molecule has 0 spiro atoms. The minimum atomic E-state index is -0.988. The molecule has 1 aromatic heterocycles. The van der Waals surface area contributed by atoms with Crippen LogP contribution in [0.1, 0.15) is 40.2 Å². The van der Waals surface area contributed by atoms with E-state index in [0.29, 0.717) is 16.8 Å². The Hall–Kier alpha value is -1.92. The van der Waals surface area contributed by atoms with Crippen LogP contribution in [0.2, 0.25) is 10.3 Å². The minimum absolute atomic E-state index is 0.0146. The zero-order valence-corrected chi connectivity index (χ0v) is 16.7. The largest absolute Gasteiger partial charge is 0.444 e. The van der Waals surface area contributed by atoms with Gasteiger partial charge in [0.15, 0.2) is 0 Å². The highest BCUT2D eigenvalue weighted by Crippen LogP contribution is 2.31. The molecule has 1 aromatic carbocycles. The molecule has 0 atom stereocenters. The van der Waals surface area contributed by atoms with Crippen molar-refractivity contribution in [2.45, 2.75) is 45.8 Å². The first kappa shape index (κ1) is 20.4. The molecule has 2 rings (SSSR count). The molecule has 2 aromatic rings. The molecule has 0 fully saturated rings. The van der Waals surface area contributed by atoms with Gasteiger partial charge in [-0.05, 0) is 52.3 Å². The summed E-state index contributed by atoms with van der Waals surface area (Å²) in [6.07, 6.45) is 0.725. The quantitative estimate of drug-likeness (QED) is 0.706. The summed E-state index contributed by atoms with van der Waals surface area (Å²) >= 11 is 11.8. The summed E-state index contributed by atoms with van der Waals surface area (Å²) in [6.45, 7) is 8.63. The van der Waals surface area contributed by atoms with Gasteiger partial charge in [0.25, 0.3) is 0 Å². The van der Waals surface area contributed by atoms with Crippen LogP contribution in [0.3, 0.4) is 0 Å². The average molecular weight is 400 g/mol. The second kappa shape index (κ2) is 7.37. The normalized spacial score (nSPS) is 12.0. The van der Waals surface area contributed by atoms with Crippen molar-refractivity contribution in [1.29, 1.82) is 0 Å². The van der Waals surface area contributed by atoms with Crippen molar-refractivity contribution in [3.63, 3.8) is 0 Å². The molecule has 26 heavy (non-hydrogen) atoms. The lowest BCUT2D eigenvalue weighted by Crippen LogP contribution is -2.44. The number of halogens is 3. The van der Waals surface area contributed by atoms with Crippen LogP contribution in [-0.4, -0.2) is 21.7 Å². The Kier molecular flexibility index (Phi) is 5.78. The fraction of sp³-hybridized carbons (Fsp3) is 0.389. The summed E-state index contributed by atoms with van der Waals surface area (Å²) in [7, 11) is 0. The zero-order chi connectivity index (χ0) is 19.7. The third kappa shape index (κ3) is 5.05. The maximum absolute atomic E-state index is 14.7. The second-order valence-corrected chi connectivity index (χ2v) is 8.03. The van der Waals surface area contributed by atoms with Crippen molar-refractivity contribution in [1.82, 2.24) is 15.3 Å². The summed E-state index contributed by atoms with van der Waals surface area (Å²) in [6, 6.07) is 4.51. The first-order chi connectivity index (χ1) is 11.9. The second-order valence-electron chi connectivity index (χ2n) is 7.28. The van der Waals surface area contributed by atoms with Gasteiger partial charge in [-0.15, -0.1) is 0 Å². The number of hydrogen-bond acceptors (Lipinski definition) is 4. The molecular weight excluding hydrogens is 380 g/mol. The van der Waals surface area contributed by atoms with E-state index in [0.717, 1.165) is 0 Å². The highest BCUT2D eigenvalue weighted by atomic mass is 35.5. The number of hydrogen-bond donors (Lipinski definition) is 1. The lowest BCUT2D eigenvalue weighted by Gasteiger charge is -2.29. The molecule has 0 bridgehead atoms. The van der Waals surface area contributed by atoms with Crippen LogP contribution in [0, 0.1) is 5.82 Å². The fourth-order valence-corrected chi connectivity index (χ4v) is 2.68. The van der Waals surface area contributed by atoms with Gasteiger partial charge in [0.05, 0.1) is 22.5 Å². The number of ether oxygens (including phenoxy) is 1. The van der Waals surface area contributed by atoms with E-state index in [1.54, 1.807) is 46.8 Å². The maximum atomic E-state index is 14.7. The number of nitrogens with zero attached hydrogens (tertiary/aromatic N) is 2. The molecular formula is C18H20Cl2FN3O2. The van der Waals surface area contributed by atoms with Gasteiger partial charge in [-0.3, -0.25) is 0 Å². The molecule has 0 aliphatic carbocycles. The van der Waals surface area contributed by atoms with Gasteiger partial charge >= 0.3 is 6.09 Å². The Morgan fingerprint density at radius 1 is 1.19 bits per heavy atom. The van der Waals surface area contributed by atoms with E-state index in [-0.39, 0.29) is 10.3 Å². The molecule has 0 unspecified atom stereocenters. The standard InChI is InChI=1S/C18H20Cl2FN3O2/c1-17(2,3)26-16(25)24-18(4,5)11-7-6-10(8-13(11)21)14-12(19)9-22-15(20)23-14/h6-9H,1-5H3,(H,24,25). The van der Waals surface area contributed by atoms with Crippen LogP contribution in [0.4, 0.5) is 9.18 Å². The third-order valence-corrected chi connectivity index (χ3v) is 3.90. The number of aromatic nitrogens is 2. The Balaban J connectivity index is 2.31. The van der Waals surface area contributed by atoms with E-state index >= 15 is 0 Å². The summed E-state index contributed by atoms with van der Waals surface area (Å²) < 4.78 is 20.0. The lowest BCUT2D eigenvalue weighted by molar-refractivity contribution is 0.0469. The molecule has 0 saturated carbocycles. The zero-order valence-electron chi connectivity index (χ0n) is 15.2. The first-order valence-corrected chi connectivity index (χ1v) is 8.64. The Bertz CT molecular complexity index is 836. The molecule has 0 saturated heterocycles. The summed E-state index contributed by atoms with van der Waals surface area (Å²) in [5.74, 6) is -0.519. The molecule has 5 nitrogen and oxygen atoms in total. The van der Waals surface area contributed by atoms with E-state index in [1.807, 2.05) is 0 Å². The average Bonchev–Trinajstić information content (AvgIpc) is 2.46. The van der Waals surface area contributed by atoms with Gasteiger partial charge < -0.3 is 10.1 Å². The molecule has 140 valence electrons. The first-order valence-electron chi connectivity index (χ1n) is 7.89. The Labute approximate surface area is 161 Å². The number of nitrogens with one attached hydrogen (secondary N) is 1. The molecule has 0 aliphatic rings. The van der Waals surface area contributed by atoms with Crippen LogP contribution in [-0.2, 0) is 10.3 Å². The van der Waals surface area contributed by atoms with Gasteiger partial charge in [0, 0.05) is 11.1 Å². The van der Waals surface area contributed by atoms with Crippen molar-refractivity contribution in [3.05, 3.63) is 46.1 Å². The van der Waals surface area contributed by atoms with E-state index < -0.39 is 23.1 Å². The predicted octanol–water partition coefficient (Wildman–Crippen LogP) is 5.35. The summed E-state index contributed by atoms with van der Waals surface area (Å²) in [5, 5.41) is 2.95. The molecule has 8 heteroatoms. The van der Waals surface area contributed by atoms with Crippen LogP contribution in [0.5, 0.6) is 0 Å². The van der Waals surface area contributed by atoms with Gasteiger partial charge in [-0.1, -0.05) is 23.7 Å². The van der Waals surface area contributed by atoms with Crippen LogP contribution in [0.15, 0.2) is 24.4 Å². The van der Waals surface area contributed by atoms with E-state index in [9.17, 15) is 9.18 Å². The number of amides is 1. The van der Waals surface area contributed by atoms with E-state index in [4.69, 9.17) is 27.9 Å². The van der Waals surface area contributed by atoms with Crippen molar-refractivity contribution in [2.75, 3.05) is 0 Å². The van der Waals surface area contributed by atoms with Gasteiger partial charge in [-0.25, -0.2) is 19.2 Å². The van der Waals surface area contributed by atoms with Crippen molar-refractivity contribution >= 4 is 29.3 Å². The van der Waals surface area contributed by atoms with Crippen LogP contribution >= 0.6 is 23.2 Å². The molecule has 1 N–H and O–H groups in total. The van der Waals surface area contributed by atoms with Crippen molar-refractivity contribution < 1.29 is 13.9 Å². The molecule has 1 amide bonds. The van der Waals surface area contributed by atoms with E-state index in [2.05, 4.69) is 15.3 Å². The predicted molar refractivity (Wildman–Crippen MR) is 99.8 cm³/mol. The van der Waals surface area contributed by atoms with Crippen LogP contribution in [0.25, 0.3) is 11.3 Å². The highest BCUT2D eigenvalue weighted by molar-refractivity contribution is 6.33. The number of benzene rings is 1. The fourth-order valence-electron chi connectivity index (χ4n) is 2.34. The van der Waals surface area contributed by atoms with Crippen molar-refractivity contribution in [2.24, 2.45) is 0 Å². The number of carbonyl (C=O) groups excluding carboxylic acids is 1. The maximum Gasteiger partial charge on any atom is 0.408 e. The molecule has 1 heterocycles. The monoisotopic (exact) mass is 399 g/mol. The number of rotatable bonds is 3. The van der Waals surface area contributed by atoms with Gasteiger partial charge in [0.1, 0.15) is 11.4 Å². The lowest BCUT2D eigenvalue weighted by atomic mass is 9.92. The van der Waals surface area contributed by atoms with Gasteiger partial charge in [-0.2, -0.15) is 0 Å². The Morgan fingerprint density at radius 3 is 2.42 bits per heavy atom. The molecule has 0 radical (unpaired) electrons. The van der Waals surface area contributed by atoms with Gasteiger partial charge in [0.2, 0.25) is 5.28 Å². The van der Waals surface area contributed by atoms with E-state index in [1.165, 1.54) is 12.3 Å². The summed E-state index contributed by atoms with van der Waals surface area (Å²) in [4.78, 5) is 19.8. The van der Waals surface area contributed by atoms with Crippen molar-refractivity contribution in [3.8, 4) is 11.3 Å². The number of carbonyl (C=O) groups is 1. The minimum Gasteiger partial charge on any atom is -0.444 e. The SMILES string of the molecule is CC(C)(C)OC(=O)NC(C)(C)c1ccc(-c2nc(Cl)ncc2Cl)cc1F. The Morgan fingerprint density at radius 2 is 1.85 bits per heavy atom. The highest BCUT2D eigenvalue weighted by Gasteiger charge is 2.29. The number of alkyl carbamates (subject to hydrolysis) is 1. The topological polar surface area (TPSA) is 64.1 Å².